The maximum absolute atomic E-state index is 12.0. The fourth-order valence-corrected chi connectivity index (χ4v) is 3.81. The Morgan fingerprint density at radius 1 is 1.42 bits per heavy atom. The van der Waals surface area contributed by atoms with E-state index in [-0.39, 0.29) is 16.7 Å². The molecule has 0 radical (unpaired) electrons. The number of nitrogens with zero attached hydrogens (tertiary/aromatic N) is 3. The van der Waals surface area contributed by atoms with E-state index in [2.05, 4.69) is 4.98 Å². The molecule has 0 bridgehead atoms. The van der Waals surface area contributed by atoms with Crippen LogP contribution < -0.4 is 0 Å². The predicted molar refractivity (Wildman–Crippen MR) is 101 cm³/mol. The molecule has 8 heteroatoms. The van der Waals surface area contributed by atoms with Gasteiger partial charge < -0.3 is 9.30 Å². The highest BCUT2D eigenvalue weighted by Gasteiger charge is 2.21. The lowest BCUT2D eigenvalue weighted by Gasteiger charge is -2.08. The molecule has 26 heavy (non-hydrogen) atoms. The van der Waals surface area contributed by atoms with Crippen LogP contribution in [0.5, 0.6) is 0 Å². The second-order valence-corrected chi connectivity index (χ2v) is 7.16. The van der Waals surface area contributed by atoms with Crippen LogP contribution in [-0.2, 0) is 4.74 Å². The molecule has 2 aromatic heterocycles. The van der Waals surface area contributed by atoms with Gasteiger partial charge in [-0.15, -0.1) is 11.3 Å². The second-order valence-electron chi connectivity index (χ2n) is 6.16. The number of hydrogen-bond acceptors (Lipinski definition) is 6. The molecule has 0 amide bonds. The van der Waals surface area contributed by atoms with Crippen molar-refractivity contribution in [2.24, 2.45) is 0 Å². The number of ether oxygens (including phenoxy) is 1. The highest BCUT2D eigenvalue weighted by Crippen LogP contribution is 2.35. The zero-order chi connectivity index (χ0) is 19.0. The molecule has 0 aliphatic carbocycles. The lowest BCUT2D eigenvalue weighted by atomic mass is 10.1. The summed E-state index contributed by atoms with van der Waals surface area (Å²) >= 11 is 1.23. The van der Waals surface area contributed by atoms with Crippen LogP contribution in [0, 0.1) is 17.0 Å². The van der Waals surface area contributed by atoms with Crippen LogP contribution in [0.2, 0.25) is 0 Å². The maximum Gasteiger partial charge on any atom is 0.350 e. The zero-order valence-electron chi connectivity index (χ0n) is 15.0. The summed E-state index contributed by atoms with van der Waals surface area (Å²) in [5, 5.41) is 12.6. The number of nitro groups is 1. The molecule has 0 unspecified atom stereocenters. The van der Waals surface area contributed by atoms with Gasteiger partial charge in [0, 0.05) is 11.6 Å². The second kappa shape index (κ2) is 6.87. The lowest BCUT2D eigenvalue weighted by Crippen LogP contribution is -2.03. The van der Waals surface area contributed by atoms with Crippen LogP contribution >= 0.6 is 11.3 Å². The van der Waals surface area contributed by atoms with Crippen molar-refractivity contribution in [1.82, 2.24) is 9.55 Å². The topological polar surface area (TPSA) is 87.3 Å². The summed E-state index contributed by atoms with van der Waals surface area (Å²) in [6.45, 7) is 7.76. The molecule has 0 N–H and O–H groups in total. The predicted octanol–water partition coefficient (Wildman–Crippen LogP) is 4.74. The van der Waals surface area contributed by atoms with Crippen LogP contribution in [0.1, 0.15) is 42.2 Å². The standard InChI is InChI=1S/C18H19N3O4S/c1-5-25-18(22)16-11(4)19-17(26-16)12-6-7-14-13(8-12)15(21(23)24)9-20(14)10(2)3/h6-10H,5H2,1-4H3. The fourth-order valence-electron chi connectivity index (χ4n) is 2.85. The zero-order valence-corrected chi connectivity index (χ0v) is 15.8. The Labute approximate surface area is 154 Å². The maximum atomic E-state index is 12.0. The quantitative estimate of drug-likeness (QED) is 0.366. The first-order valence-electron chi connectivity index (χ1n) is 8.27. The van der Waals surface area contributed by atoms with E-state index in [4.69, 9.17) is 4.74 Å². The molecule has 0 aliphatic heterocycles. The Kier molecular flexibility index (Phi) is 4.78. The largest absolute Gasteiger partial charge is 0.462 e. The SMILES string of the molecule is CCOC(=O)c1sc(-c2ccc3c(c2)c([N+](=O)[O-])cn3C(C)C)nc1C. The first-order valence-corrected chi connectivity index (χ1v) is 9.09. The number of carbonyl (C=O) groups is 1. The average molecular weight is 373 g/mol. The third-order valence-electron chi connectivity index (χ3n) is 4.07. The van der Waals surface area contributed by atoms with Crippen molar-refractivity contribution in [1.29, 1.82) is 0 Å². The molecule has 0 saturated carbocycles. The van der Waals surface area contributed by atoms with Crippen LogP contribution in [0.4, 0.5) is 5.69 Å². The number of carbonyl (C=O) groups excluding carboxylic acids is 1. The summed E-state index contributed by atoms with van der Waals surface area (Å²) in [6.07, 6.45) is 1.57. The first-order chi connectivity index (χ1) is 12.3. The normalized spacial score (nSPS) is 11.3. The minimum Gasteiger partial charge on any atom is -0.462 e. The molecular weight excluding hydrogens is 354 g/mol. The summed E-state index contributed by atoms with van der Waals surface area (Å²) < 4.78 is 6.93. The van der Waals surface area contributed by atoms with Gasteiger partial charge in [0.05, 0.1) is 34.3 Å². The molecule has 0 fully saturated rings. The third-order valence-corrected chi connectivity index (χ3v) is 5.26. The molecule has 2 heterocycles. The number of aromatic nitrogens is 2. The Morgan fingerprint density at radius 2 is 2.15 bits per heavy atom. The number of thiazole rings is 1. The van der Waals surface area contributed by atoms with E-state index in [0.717, 1.165) is 11.1 Å². The smallest absolute Gasteiger partial charge is 0.350 e. The molecule has 0 aliphatic rings. The highest BCUT2D eigenvalue weighted by atomic mass is 32.1. The summed E-state index contributed by atoms with van der Waals surface area (Å²) in [7, 11) is 0. The van der Waals surface area contributed by atoms with Gasteiger partial charge in [-0.05, 0) is 45.9 Å². The van der Waals surface area contributed by atoms with Crippen LogP contribution in [0.25, 0.3) is 21.5 Å². The molecule has 0 atom stereocenters. The molecule has 0 spiro atoms. The van der Waals surface area contributed by atoms with Crippen molar-refractivity contribution in [3.05, 3.63) is 45.1 Å². The average Bonchev–Trinajstić information content (AvgIpc) is 3.15. The Balaban J connectivity index is 2.12. The Hall–Kier alpha value is -2.74. The van der Waals surface area contributed by atoms with Crippen molar-refractivity contribution in [3.63, 3.8) is 0 Å². The van der Waals surface area contributed by atoms with E-state index in [0.29, 0.717) is 27.6 Å². The molecule has 3 rings (SSSR count). The van der Waals surface area contributed by atoms with Gasteiger partial charge in [0.25, 0.3) is 5.69 Å². The molecule has 0 saturated heterocycles. The van der Waals surface area contributed by atoms with Gasteiger partial charge in [0.2, 0.25) is 0 Å². The van der Waals surface area contributed by atoms with E-state index in [1.54, 1.807) is 26.1 Å². The number of esters is 1. The summed E-state index contributed by atoms with van der Waals surface area (Å²) in [6, 6.07) is 5.60. The molecular formula is C18H19N3O4S. The van der Waals surface area contributed by atoms with Gasteiger partial charge in [0.1, 0.15) is 9.88 Å². The number of rotatable bonds is 5. The van der Waals surface area contributed by atoms with Crippen molar-refractivity contribution >= 4 is 33.9 Å². The van der Waals surface area contributed by atoms with Gasteiger partial charge in [-0.25, -0.2) is 9.78 Å². The lowest BCUT2D eigenvalue weighted by molar-refractivity contribution is -0.383. The van der Waals surface area contributed by atoms with Crippen LogP contribution in [0.3, 0.4) is 0 Å². The van der Waals surface area contributed by atoms with Gasteiger partial charge in [-0.3, -0.25) is 10.1 Å². The molecule has 136 valence electrons. The van der Waals surface area contributed by atoms with Crippen LogP contribution in [-0.4, -0.2) is 27.1 Å². The number of aryl methyl sites for hydroxylation is 1. The Bertz CT molecular complexity index is 1000. The van der Waals surface area contributed by atoms with Gasteiger partial charge in [-0.1, -0.05) is 0 Å². The Morgan fingerprint density at radius 3 is 2.77 bits per heavy atom. The van der Waals surface area contributed by atoms with Gasteiger partial charge in [0.15, 0.2) is 0 Å². The van der Waals surface area contributed by atoms with Crippen LogP contribution in [0.15, 0.2) is 24.4 Å². The highest BCUT2D eigenvalue weighted by molar-refractivity contribution is 7.17. The van der Waals surface area contributed by atoms with Gasteiger partial charge in [-0.2, -0.15) is 0 Å². The minimum absolute atomic E-state index is 0.0643. The monoisotopic (exact) mass is 373 g/mol. The summed E-state index contributed by atoms with van der Waals surface area (Å²) in [5.74, 6) is -0.397. The van der Waals surface area contributed by atoms with E-state index in [1.165, 1.54) is 11.3 Å². The molecule has 1 aromatic carbocycles. The van der Waals surface area contributed by atoms with Crippen molar-refractivity contribution in [3.8, 4) is 10.6 Å². The van der Waals surface area contributed by atoms with Gasteiger partial charge >= 0.3 is 5.97 Å². The van der Waals surface area contributed by atoms with E-state index in [1.807, 2.05) is 30.5 Å². The fraction of sp³-hybridized carbons (Fsp3) is 0.333. The number of hydrogen-bond donors (Lipinski definition) is 0. The number of benzene rings is 1. The minimum atomic E-state index is -0.397. The molecule has 7 nitrogen and oxygen atoms in total. The van der Waals surface area contributed by atoms with Crippen molar-refractivity contribution in [2.45, 2.75) is 33.7 Å². The molecule has 3 aromatic rings. The first kappa shape index (κ1) is 18.1. The number of fused-ring (bicyclic) bond motifs is 1. The van der Waals surface area contributed by atoms with E-state index in [9.17, 15) is 14.9 Å². The summed E-state index contributed by atoms with van der Waals surface area (Å²) in [5.41, 5.74) is 2.20. The summed E-state index contributed by atoms with van der Waals surface area (Å²) in [4.78, 5) is 28.0. The third kappa shape index (κ3) is 3.08. The van der Waals surface area contributed by atoms with Crippen molar-refractivity contribution in [2.75, 3.05) is 6.61 Å². The van der Waals surface area contributed by atoms with E-state index < -0.39 is 5.97 Å². The van der Waals surface area contributed by atoms with Crippen molar-refractivity contribution < 1.29 is 14.5 Å². The van der Waals surface area contributed by atoms with E-state index >= 15 is 0 Å².